The fourth-order valence-corrected chi connectivity index (χ4v) is 7.24. The number of imidazole rings is 1. The number of rotatable bonds is 10. The maximum atomic E-state index is 13.7. The van der Waals surface area contributed by atoms with Gasteiger partial charge in [0.1, 0.15) is 5.76 Å². The molecule has 1 aliphatic carbocycles. The normalized spacial score (nSPS) is 18.2. The fourth-order valence-electron chi connectivity index (χ4n) is 5.93. The number of aromatic nitrogens is 2. The molecule has 0 spiro atoms. The van der Waals surface area contributed by atoms with E-state index >= 15 is 0 Å². The van der Waals surface area contributed by atoms with Crippen LogP contribution in [-0.2, 0) is 32.2 Å². The predicted octanol–water partition coefficient (Wildman–Crippen LogP) is 6.03. The summed E-state index contributed by atoms with van der Waals surface area (Å²) in [4.78, 5) is 20.3. The Labute approximate surface area is 239 Å². The summed E-state index contributed by atoms with van der Waals surface area (Å²) in [6.07, 6.45) is 5.13. The number of nitrogens with zero attached hydrogens (tertiary/aromatic N) is 1. The van der Waals surface area contributed by atoms with E-state index in [9.17, 15) is 18.3 Å². The van der Waals surface area contributed by atoms with Crippen LogP contribution in [0, 0.1) is 5.92 Å². The van der Waals surface area contributed by atoms with Gasteiger partial charge in [0, 0.05) is 18.8 Å². The largest absolute Gasteiger partial charge is 0.507 e. The van der Waals surface area contributed by atoms with Crippen LogP contribution in [0.1, 0.15) is 53.2 Å². The van der Waals surface area contributed by atoms with Gasteiger partial charge in [-0.25, -0.2) is 18.2 Å². The molecular formula is C33H32N2O5S. The summed E-state index contributed by atoms with van der Waals surface area (Å²) in [5, 5.41) is 11.2. The van der Waals surface area contributed by atoms with Gasteiger partial charge in [-0.1, -0.05) is 84.9 Å². The topological polar surface area (TPSA) is 109 Å². The zero-order valence-corrected chi connectivity index (χ0v) is 23.6. The molecule has 0 amide bonds. The number of esters is 1. The van der Waals surface area contributed by atoms with Crippen molar-refractivity contribution in [3.8, 4) is 0 Å². The monoisotopic (exact) mass is 568 g/mol. The maximum absolute atomic E-state index is 13.7. The molecule has 1 aromatic heterocycles. The summed E-state index contributed by atoms with van der Waals surface area (Å²) in [6, 6.07) is 26.8. The van der Waals surface area contributed by atoms with E-state index in [-0.39, 0.29) is 22.3 Å². The van der Waals surface area contributed by atoms with E-state index in [1.54, 1.807) is 13.0 Å². The molecule has 0 bridgehead atoms. The van der Waals surface area contributed by atoms with Gasteiger partial charge in [0.15, 0.2) is 10.6 Å². The van der Waals surface area contributed by atoms with Crippen molar-refractivity contribution in [2.24, 2.45) is 5.92 Å². The van der Waals surface area contributed by atoms with Crippen LogP contribution in [0.25, 0.3) is 0 Å². The average Bonchev–Trinajstić information content (AvgIpc) is 3.59. The summed E-state index contributed by atoms with van der Waals surface area (Å²) in [7, 11) is -3.70. The number of aliphatic hydroxyl groups excluding tert-OH is 1. The number of sulfone groups is 1. The van der Waals surface area contributed by atoms with E-state index in [1.165, 1.54) is 12.5 Å². The molecule has 6 rings (SSSR count). The molecule has 1 saturated carbocycles. The lowest BCUT2D eigenvalue weighted by molar-refractivity contribution is -0.148. The maximum Gasteiger partial charge on any atom is 0.339 e. The summed E-state index contributed by atoms with van der Waals surface area (Å²) < 4.78 is 32.6. The molecule has 2 heterocycles. The van der Waals surface area contributed by atoms with Crippen molar-refractivity contribution in [1.29, 1.82) is 0 Å². The Bertz CT molecular complexity index is 1640. The Morgan fingerprint density at radius 3 is 2.12 bits per heavy atom. The second-order valence-corrected chi connectivity index (χ2v) is 13.3. The molecule has 8 heteroatoms. The first-order valence-corrected chi connectivity index (χ1v) is 15.4. The highest BCUT2D eigenvalue weighted by atomic mass is 32.2. The van der Waals surface area contributed by atoms with Gasteiger partial charge >= 0.3 is 5.97 Å². The fraction of sp³-hybridized carbons (Fsp3) is 0.273. The Hall–Kier alpha value is -4.17. The Balaban J connectivity index is 1.41. The van der Waals surface area contributed by atoms with E-state index in [2.05, 4.69) is 9.97 Å². The molecule has 7 nitrogen and oxygen atoms in total. The summed E-state index contributed by atoms with van der Waals surface area (Å²) in [5.74, 6) is -0.804. The first-order chi connectivity index (χ1) is 19.8. The van der Waals surface area contributed by atoms with Gasteiger partial charge < -0.3 is 14.8 Å². The van der Waals surface area contributed by atoms with Crippen LogP contribution in [0.5, 0.6) is 0 Å². The van der Waals surface area contributed by atoms with Gasteiger partial charge in [-0.15, -0.1) is 0 Å². The van der Waals surface area contributed by atoms with Crippen molar-refractivity contribution in [3.05, 3.63) is 131 Å². The van der Waals surface area contributed by atoms with Crippen LogP contribution >= 0.6 is 0 Å². The molecule has 0 radical (unpaired) electrons. The Kier molecular flexibility index (Phi) is 7.03. The van der Waals surface area contributed by atoms with Crippen LogP contribution in [0.4, 0.5) is 0 Å². The minimum atomic E-state index is -3.70. The standard InChI is InChI=1S/C33H32N2O5S/c1-22(41(38,39)28-20-34-21-35-28)26-13-8-14-27(17-26)29(25-15-16-25)30-31(36)33(40-32(30)37,18-23-9-4-2-5-10-23)19-24-11-6-3-7-12-24/h2-14,17,20-22,25,29,36H,15-16,18-19H2,1H3,(H,34,35). The lowest BCUT2D eigenvalue weighted by Gasteiger charge is -2.29. The number of aromatic amines is 1. The van der Waals surface area contributed by atoms with Crippen molar-refractivity contribution in [3.63, 3.8) is 0 Å². The third-order valence-corrected chi connectivity index (χ3v) is 10.3. The molecule has 2 aliphatic rings. The van der Waals surface area contributed by atoms with Crippen LogP contribution in [-0.4, -0.2) is 35.1 Å². The molecule has 1 fully saturated rings. The summed E-state index contributed by atoms with van der Waals surface area (Å²) in [6.45, 7) is 1.65. The van der Waals surface area contributed by atoms with Crippen LogP contribution in [0.15, 0.2) is 114 Å². The number of H-pyrrole nitrogens is 1. The van der Waals surface area contributed by atoms with Crippen molar-refractivity contribution < 1.29 is 23.1 Å². The van der Waals surface area contributed by atoms with Gasteiger partial charge in [0.05, 0.1) is 23.3 Å². The van der Waals surface area contributed by atoms with E-state index in [1.807, 2.05) is 78.9 Å². The van der Waals surface area contributed by atoms with Gasteiger partial charge in [-0.05, 0) is 47.9 Å². The number of hydrogen-bond acceptors (Lipinski definition) is 6. The minimum Gasteiger partial charge on any atom is -0.507 e. The van der Waals surface area contributed by atoms with Crippen LogP contribution in [0.3, 0.4) is 0 Å². The molecule has 41 heavy (non-hydrogen) atoms. The quantitative estimate of drug-likeness (QED) is 0.226. The van der Waals surface area contributed by atoms with Crippen LogP contribution < -0.4 is 0 Å². The molecule has 1 aliphatic heterocycles. The zero-order valence-electron chi connectivity index (χ0n) is 22.7. The zero-order chi connectivity index (χ0) is 28.6. The highest BCUT2D eigenvalue weighted by Crippen LogP contribution is 2.52. The van der Waals surface area contributed by atoms with E-state index < -0.39 is 32.6 Å². The van der Waals surface area contributed by atoms with Crippen molar-refractivity contribution in [1.82, 2.24) is 9.97 Å². The number of nitrogens with one attached hydrogen (secondary N) is 1. The van der Waals surface area contributed by atoms with Gasteiger partial charge in [0.2, 0.25) is 9.84 Å². The molecule has 210 valence electrons. The van der Waals surface area contributed by atoms with Gasteiger partial charge in [-0.3, -0.25) is 0 Å². The van der Waals surface area contributed by atoms with E-state index in [0.29, 0.717) is 18.4 Å². The predicted molar refractivity (Wildman–Crippen MR) is 155 cm³/mol. The van der Waals surface area contributed by atoms with Crippen LogP contribution in [0.2, 0.25) is 0 Å². The SMILES string of the molecule is CC(c1cccc(C(C2=C(O)C(Cc3ccccc3)(Cc3ccccc3)OC2=O)C2CC2)c1)S(=O)(=O)c1cnc[nH]1. The highest BCUT2D eigenvalue weighted by molar-refractivity contribution is 7.91. The van der Waals surface area contributed by atoms with Crippen molar-refractivity contribution in [2.45, 2.75) is 54.4 Å². The lowest BCUT2D eigenvalue weighted by atomic mass is 9.81. The first kappa shape index (κ1) is 27.0. The van der Waals surface area contributed by atoms with Gasteiger partial charge in [-0.2, -0.15) is 0 Å². The number of carbonyl (C=O) groups is 1. The van der Waals surface area contributed by atoms with Crippen molar-refractivity contribution in [2.75, 3.05) is 0 Å². The Morgan fingerprint density at radius 2 is 1.56 bits per heavy atom. The smallest absolute Gasteiger partial charge is 0.339 e. The minimum absolute atomic E-state index is 0.0318. The third-order valence-electron chi connectivity index (χ3n) is 8.25. The molecule has 0 saturated heterocycles. The molecular weight excluding hydrogens is 536 g/mol. The Morgan fingerprint density at radius 1 is 0.951 bits per heavy atom. The average molecular weight is 569 g/mol. The molecule has 4 aromatic rings. The molecule has 2 atom stereocenters. The number of benzene rings is 3. The number of carbonyl (C=O) groups excluding carboxylic acids is 1. The highest BCUT2D eigenvalue weighted by Gasteiger charge is 2.53. The molecule has 3 aromatic carbocycles. The van der Waals surface area contributed by atoms with E-state index in [0.717, 1.165) is 29.5 Å². The summed E-state index contributed by atoms with van der Waals surface area (Å²) >= 11 is 0. The molecule has 2 N–H and O–H groups in total. The van der Waals surface area contributed by atoms with E-state index in [4.69, 9.17) is 4.74 Å². The second-order valence-electron chi connectivity index (χ2n) is 11.1. The van der Waals surface area contributed by atoms with Gasteiger partial charge in [0.25, 0.3) is 0 Å². The number of aliphatic hydroxyl groups is 1. The third kappa shape index (κ3) is 5.20. The lowest BCUT2D eigenvalue weighted by Crippen LogP contribution is -2.37. The number of hydrogen-bond donors (Lipinski definition) is 2. The summed E-state index contributed by atoms with van der Waals surface area (Å²) in [5.41, 5.74) is 2.34. The molecule has 2 unspecified atom stereocenters. The number of cyclic esters (lactones) is 1. The first-order valence-electron chi connectivity index (χ1n) is 13.9. The van der Waals surface area contributed by atoms with Crippen molar-refractivity contribution >= 4 is 15.8 Å². The number of ether oxygens (including phenoxy) is 1. The second kappa shape index (κ2) is 10.7.